The third kappa shape index (κ3) is 4.27. The molecule has 0 aliphatic rings. The SMILES string of the molecule is c1ccc(-c2cc(-c3ccccc3)nc(-n3c4ccccc4c4ccc(-n5c6ccccc6c6c7sc8ccccc8c7ccc65)cc43)c2)cc1. The van der Waals surface area contributed by atoms with Crippen molar-refractivity contribution in [2.24, 2.45) is 0 Å². The van der Waals surface area contributed by atoms with Gasteiger partial charge in [0.2, 0.25) is 0 Å². The molecule has 0 bridgehead atoms. The Hall–Kier alpha value is -6.49. The first kappa shape index (κ1) is 28.4. The van der Waals surface area contributed by atoms with E-state index in [0.717, 1.165) is 44.9 Å². The van der Waals surface area contributed by atoms with Crippen LogP contribution in [0.3, 0.4) is 0 Å². The predicted molar refractivity (Wildman–Crippen MR) is 217 cm³/mol. The average molecular weight is 668 g/mol. The van der Waals surface area contributed by atoms with E-state index < -0.39 is 0 Å². The first-order chi connectivity index (χ1) is 25.3. The minimum Gasteiger partial charge on any atom is -0.309 e. The summed E-state index contributed by atoms with van der Waals surface area (Å²) in [5, 5.41) is 7.64. The lowest BCUT2D eigenvalue weighted by atomic mass is 10.0. The van der Waals surface area contributed by atoms with Crippen LogP contribution in [-0.4, -0.2) is 14.1 Å². The average Bonchev–Trinajstić information content (AvgIpc) is 3.86. The van der Waals surface area contributed by atoms with Crippen LogP contribution in [0.1, 0.15) is 0 Å². The summed E-state index contributed by atoms with van der Waals surface area (Å²) in [6.07, 6.45) is 0. The van der Waals surface area contributed by atoms with E-state index in [9.17, 15) is 0 Å². The van der Waals surface area contributed by atoms with Crippen LogP contribution in [0.4, 0.5) is 0 Å². The summed E-state index contributed by atoms with van der Waals surface area (Å²) >= 11 is 1.89. The van der Waals surface area contributed by atoms with Gasteiger partial charge in [0.15, 0.2) is 0 Å². The number of pyridine rings is 1. The van der Waals surface area contributed by atoms with Crippen LogP contribution < -0.4 is 0 Å². The van der Waals surface area contributed by atoms with Gasteiger partial charge in [0.1, 0.15) is 5.82 Å². The van der Waals surface area contributed by atoms with Gasteiger partial charge in [0.05, 0.1) is 27.8 Å². The normalized spacial score (nSPS) is 11.9. The van der Waals surface area contributed by atoms with Gasteiger partial charge in [0.25, 0.3) is 0 Å². The van der Waals surface area contributed by atoms with Crippen LogP contribution in [0.15, 0.2) is 176 Å². The molecule has 0 unspecified atom stereocenters. The summed E-state index contributed by atoms with van der Waals surface area (Å²) < 4.78 is 7.46. The van der Waals surface area contributed by atoms with E-state index in [2.05, 4.69) is 185 Å². The van der Waals surface area contributed by atoms with Gasteiger partial charge < -0.3 is 4.57 Å². The smallest absolute Gasteiger partial charge is 0.138 e. The van der Waals surface area contributed by atoms with Gasteiger partial charge in [-0.05, 0) is 59.7 Å². The molecule has 0 N–H and O–H groups in total. The van der Waals surface area contributed by atoms with Crippen LogP contribution >= 0.6 is 11.3 Å². The monoisotopic (exact) mass is 667 g/mol. The molecule has 3 nitrogen and oxygen atoms in total. The van der Waals surface area contributed by atoms with Gasteiger partial charge in [-0.1, -0.05) is 127 Å². The third-order valence-electron chi connectivity index (χ3n) is 10.3. The molecule has 0 aliphatic heterocycles. The van der Waals surface area contributed by atoms with E-state index >= 15 is 0 Å². The summed E-state index contributed by atoms with van der Waals surface area (Å²) in [7, 11) is 0. The van der Waals surface area contributed by atoms with Crippen molar-refractivity contribution in [2.75, 3.05) is 0 Å². The predicted octanol–water partition coefficient (Wildman–Crippen LogP) is 13.0. The Morgan fingerprint density at radius 3 is 1.82 bits per heavy atom. The molecule has 0 aliphatic carbocycles. The van der Waals surface area contributed by atoms with Crippen molar-refractivity contribution in [3.63, 3.8) is 0 Å². The summed E-state index contributed by atoms with van der Waals surface area (Å²) in [6.45, 7) is 0. The summed E-state index contributed by atoms with van der Waals surface area (Å²) in [6, 6.07) is 63.4. The quantitative estimate of drug-likeness (QED) is 0.183. The van der Waals surface area contributed by atoms with Crippen molar-refractivity contribution >= 4 is 75.1 Å². The zero-order chi connectivity index (χ0) is 33.5. The van der Waals surface area contributed by atoms with Gasteiger partial charge in [-0.3, -0.25) is 4.57 Å². The van der Waals surface area contributed by atoms with Crippen molar-refractivity contribution in [1.82, 2.24) is 14.1 Å². The van der Waals surface area contributed by atoms with Crippen molar-refractivity contribution < 1.29 is 0 Å². The molecular formula is C47H29N3S. The fourth-order valence-corrected chi connectivity index (χ4v) is 9.30. The molecule has 238 valence electrons. The molecule has 0 fully saturated rings. The Bertz CT molecular complexity index is 3070. The first-order valence-corrected chi connectivity index (χ1v) is 18.1. The molecule has 7 aromatic carbocycles. The highest BCUT2D eigenvalue weighted by molar-refractivity contribution is 7.26. The molecule has 11 aromatic rings. The van der Waals surface area contributed by atoms with Crippen LogP contribution in [0.2, 0.25) is 0 Å². The molecule has 4 aromatic heterocycles. The van der Waals surface area contributed by atoms with Crippen molar-refractivity contribution in [3.8, 4) is 33.9 Å². The molecule has 0 amide bonds. The van der Waals surface area contributed by atoms with Crippen LogP contribution in [-0.2, 0) is 0 Å². The second-order valence-electron chi connectivity index (χ2n) is 13.2. The van der Waals surface area contributed by atoms with E-state index in [1.807, 2.05) is 11.3 Å². The number of rotatable bonds is 4. The van der Waals surface area contributed by atoms with Gasteiger partial charge >= 0.3 is 0 Å². The van der Waals surface area contributed by atoms with E-state index in [1.54, 1.807) is 0 Å². The lowest BCUT2D eigenvalue weighted by Gasteiger charge is -2.14. The second-order valence-corrected chi connectivity index (χ2v) is 14.2. The van der Waals surface area contributed by atoms with E-state index in [-0.39, 0.29) is 0 Å². The van der Waals surface area contributed by atoms with Gasteiger partial charge in [-0.2, -0.15) is 0 Å². The lowest BCUT2D eigenvalue weighted by Crippen LogP contribution is -2.01. The Labute approximate surface area is 297 Å². The molecule has 0 saturated carbocycles. The summed E-state index contributed by atoms with van der Waals surface area (Å²) in [5.41, 5.74) is 10.1. The number of fused-ring (bicyclic) bond motifs is 10. The maximum Gasteiger partial charge on any atom is 0.138 e. The molecule has 11 rings (SSSR count). The molecule has 0 spiro atoms. The molecule has 0 atom stereocenters. The molecule has 0 radical (unpaired) electrons. The zero-order valence-corrected chi connectivity index (χ0v) is 28.3. The standard InChI is InChI=1S/C47H29N3S/c1-3-13-30(14-4-1)32-27-39(31-15-5-2-6-16-31)48-45(28-32)50-40-20-10-7-17-34(40)35-24-23-33(29-43(35)50)49-41-21-11-8-19-38(41)46-42(49)26-25-37-36-18-9-12-22-44(36)51-47(37)46/h1-29H. The fourth-order valence-electron chi connectivity index (χ4n) is 8.04. The number of benzene rings is 7. The number of para-hydroxylation sites is 2. The zero-order valence-electron chi connectivity index (χ0n) is 27.5. The number of hydrogen-bond donors (Lipinski definition) is 0. The molecule has 4 heterocycles. The number of aromatic nitrogens is 3. The van der Waals surface area contributed by atoms with E-state index in [0.29, 0.717) is 0 Å². The second kappa shape index (κ2) is 11.0. The van der Waals surface area contributed by atoms with E-state index in [1.165, 1.54) is 52.8 Å². The highest BCUT2D eigenvalue weighted by Crippen LogP contribution is 2.44. The minimum atomic E-state index is 0.896. The Balaban J connectivity index is 1.21. The summed E-state index contributed by atoms with van der Waals surface area (Å²) in [4.78, 5) is 5.38. The number of nitrogens with zero attached hydrogens (tertiary/aromatic N) is 3. The number of thiophene rings is 1. The van der Waals surface area contributed by atoms with Crippen molar-refractivity contribution in [2.45, 2.75) is 0 Å². The van der Waals surface area contributed by atoms with Crippen molar-refractivity contribution in [3.05, 3.63) is 176 Å². The first-order valence-electron chi connectivity index (χ1n) is 17.3. The van der Waals surface area contributed by atoms with E-state index in [4.69, 9.17) is 4.98 Å². The molecular weight excluding hydrogens is 639 g/mol. The Kier molecular flexibility index (Phi) is 6.12. The Morgan fingerprint density at radius 2 is 1.02 bits per heavy atom. The maximum absolute atomic E-state index is 5.38. The summed E-state index contributed by atoms with van der Waals surface area (Å²) in [5.74, 6) is 0.896. The molecule has 0 saturated heterocycles. The topological polar surface area (TPSA) is 22.8 Å². The largest absolute Gasteiger partial charge is 0.309 e. The third-order valence-corrected chi connectivity index (χ3v) is 11.5. The van der Waals surface area contributed by atoms with Crippen LogP contribution in [0.25, 0.3) is 97.7 Å². The minimum absolute atomic E-state index is 0.896. The molecule has 51 heavy (non-hydrogen) atoms. The van der Waals surface area contributed by atoms with Gasteiger partial charge in [-0.25, -0.2) is 4.98 Å². The van der Waals surface area contributed by atoms with Gasteiger partial charge in [-0.15, -0.1) is 11.3 Å². The highest BCUT2D eigenvalue weighted by atomic mass is 32.1. The fraction of sp³-hybridized carbons (Fsp3) is 0. The van der Waals surface area contributed by atoms with Crippen molar-refractivity contribution in [1.29, 1.82) is 0 Å². The molecule has 4 heteroatoms. The van der Waals surface area contributed by atoms with Crippen LogP contribution in [0.5, 0.6) is 0 Å². The van der Waals surface area contributed by atoms with Gasteiger partial charge in [0, 0.05) is 53.0 Å². The maximum atomic E-state index is 5.38. The highest BCUT2D eigenvalue weighted by Gasteiger charge is 2.20. The lowest BCUT2D eigenvalue weighted by molar-refractivity contribution is 1.08. The Morgan fingerprint density at radius 1 is 0.392 bits per heavy atom. The van der Waals surface area contributed by atoms with Crippen LogP contribution in [0, 0.1) is 0 Å². The number of hydrogen-bond acceptors (Lipinski definition) is 2.